The van der Waals surface area contributed by atoms with E-state index in [2.05, 4.69) is 21.0 Å². The van der Waals surface area contributed by atoms with Gasteiger partial charge in [0.25, 0.3) is 5.91 Å². The van der Waals surface area contributed by atoms with Crippen molar-refractivity contribution >= 4 is 41.0 Å². The minimum atomic E-state index is -0.864. The number of rotatable bonds is 6. The zero-order chi connectivity index (χ0) is 23.0. The number of thioether (sulfide) groups is 1. The molecule has 1 aromatic carbocycles. The maximum Gasteiger partial charge on any atom is 0.333 e. The Bertz CT molecular complexity index is 1050. The lowest BCUT2D eigenvalue weighted by Crippen LogP contribution is -2.47. The number of methoxy groups -OCH3 is 1. The fraction of sp³-hybridized carbons (Fsp3) is 0.190. The first-order valence-corrected chi connectivity index (χ1v) is 9.76. The van der Waals surface area contributed by atoms with E-state index in [9.17, 15) is 19.2 Å². The number of hydrogen-bond acceptors (Lipinski definition) is 6. The molecule has 31 heavy (non-hydrogen) atoms. The van der Waals surface area contributed by atoms with Crippen molar-refractivity contribution in [2.45, 2.75) is 6.92 Å². The van der Waals surface area contributed by atoms with Crippen molar-refractivity contribution in [3.05, 3.63) is 74.4 Å². The Kier molecular flexibility index (Phi) is 8.31. The van der Waals surface area contributed by atoms with Gasteiger partial charge in [-0.3, -0.25) is 19.8 Å². The molecule has 0 radical (unpaired) electrons. The van der Waals surface area contributed by atoms with Crippen molar-refractivity contribution in [1.29, 1.82) is 0 Å². The van der Waals surface area contributed by atoms with Gasteiger partial charge in [-0.2, -0.15) is 0 Å². The van der Waals surface area contributed by atoms with Gasteiger partial charge in [0.15, 0.2) is 17.3 Å². The zero-order valence-corrected chi connectivity index (χ0v) is 17.9. The molecule has 2 rings (SSSR count). The molecule has 1 aliphatic rings. The summed E-state index contributed by atoms with van der Waals surface area (Å²) in [5, 5.41) is 2.28. The van der Waals surface area contributed by atoms with Crippen LogP contribution in [0.15, 0.2) is 57.4 Å². The lowest BCUT2D eigenvalue weighted by Gasteiger charge is -2.17. The van der Waals surface area contributed by atoms with Crippen molar-refractivity contribution in [3.8, 4) is 0 Å². The van der Waals surface area contributed by atoms with E-state index in [1.807, 2.05) is 0 Å². The minimum Gasteiger partial charge on any atom is -0.379 e. The molecule has 160 valence electrons. The standard InChI is InChI=1S/C21H20N4O5S/c1-12(26)17-10-14(9-16(31-17)11-30-4)18(20(28)24-25-21(29)23-3)19(27)13-5-7-15(22-2)8-6-13/h5-10H,11H2,1,3-4H3,(H,24,28)(H2,23,25,29)/b18-14+. The fourth-order valence-electron chi connectivity index (χ4n) is 2.52. The van der Waals surface area contributed by atoms with Gasteiger partial charge < -0.3 is 10.1 Å². The van der Waals surface area contributed by atoms with Crippen LogP contribution in [0.1, 0.15) is 17.3 Å². The molecule has 3 N–H and O–H groups in total. The SMILES string of the molecule is [C-]#[N+]c1ccc(C(=O)/C(C(=O)NNC(=O)NC)=C2/C=C(COC)SC(C(C)=O)=C2)cc1. The molecule has 1 heterocycles. The second-order valence-electron chi connectivity index (χ2n) is 6.19. The number of hydrogen-bond donors (Lipinski definition) is 3. The Morgan fingerprint density at radius 1 is 1.10 bits per heavy atom. The van der Waals surface area contributed by atoms with Crippen molar-refractivity contribution in [2.24, 2.45) is 0 Å². The second-order valence-corrected chi connectivity index (χ2v) is 7.36. The molecule has 0 unspecified atom stereocenters. The molecule has 0 saturated heterocycles. The second kappa shape index (κ2) is 10.9. The highest BCUT2D eigenvalue weighted by Gasteiger charge is 2.26. The van der Waals surface area contributed by atoms with Gasteiger partial charge in [-0.1, -0.05) is 36.0 Å². The van der Waals surface area contributed by atoms with Gasteiger partial charge in [0.2, 0.25) is 0 Å². The van der Waals surface area contributed by atoms with E-state index in [0.717, 1.165) is 0 Å². The molecule has 1 aromatic rings. The van der Waals surface area contributed by atoms with Crippen molar-refractivity contribution in [2.75, 3.05) is 20.8 Å². The number of benzene rings is 1. The molecule has 3 amide bonds. The first kappa shape index (κ1) is 23.6. The molecule has 0 aliphatic carbocycles. The Balaban J connectivity index is 2.60. The van der Waals surface area contributed by atoms with Crippen molar-refractivity contribution < 1.29 is 23.9 Å². The third-order valence-electron chi connectivity index (χ3n) is 4.00. The topological polar surface area (TPSA) is 118 Å². The van der Waals surface area contributed by atoms with Crippen LogP contribution in [0.2, 0.25) is 0 Å². The van der Waals surface area contributed by atoms with E-state index >= 15 is 0 Å². The van der Waals surface area contributed by atoms with Crippen LogP contribution in [0, 0.1) is 6.57 Å². The van der Waals surface area contributed by atoms with Crippen LogP contribution >= 0.6 is 11.8 Å². The average Bonchev–Trinajstić information content (AvgIpc) is 2.77. The van der Waals surface area contributed by atoms with E-state index in [1.54, 1.807) is 6.08 Å². The predicted molar refractivity (Wildman–Crippen MR) is 116 cm³/mol. The van der Waals surface area contributed by atoms with Crippen LogP contribution in [0.4, 0.5) is 10.5 Å². The molecule has 0 fully saturated rings. The number of amides is 3. The Morgan fingerprint density at radius 2 is 1.77 bits per heavy atom. The summed E-state index contributed by atoms with van der Waals surface area (Å²) in [6.45, 7) is 8.59. The van der Waals surface area contributed by atoms with E-state index in [1.165, 1.54) is 63.2 Å². The number of Topliss-reactive ketones (excluding diaryl/α,β-unsaturated/α-hetero) is 2. The van der Waals surface area contributed by atoms with Crippen LogP contribution in [0.3, 0.4) is 0 Å². The number of nitrogens with zero attached hydrogens (tertiary/aromatic N) is 1. The highest BCUT2D eigenvalue weighted by Crippen LogP contribution is 2.35. The maximum absolute atomic E-state index is 13.2. The number of ether oxygens (including phenoxy) is 1. The summed E-state index contributed by atoms with van der Waals surface area (Å²) < 4.78 is 5.13. The van der Waals surface area contributed by atoms with Gasteiger partial charge in [-0.15, -0.1) is 0 Å². The van der Waals surface area contributed by atoms with E-state index in [-0.39, 0.29) is 29.1 Å². The summed E-state index contributed by atoms with van der Waals surface area (Å²) in [7, 11) is 2.85. The van der Waals surface area contributed by atoms with Crippen LogP contribution in [-0.2, 0) is 14.3 Å². The lowest BCUT2D eigenvalue weighted by molar-refractivity contribution is -0.118. The number of hydrazine groups is 1. The average molecular weight is 440 g/mol. The van der Waals surface area contributed by atoms with Crippen LogP contribution in [0.25, 0.3) is 4.85 Å². The smallest absolute Gasteiger partial charge is 0.333 e. The molecule has 0 bridgehead atoms. The van der Waals surface area contributed by atoms with E-state index in [0.29, 0.717) is 15.5 Å². The molecule has 0 aromatic heterocycles. The summed E-state index contributed by atoms with van der Waals surface area (Å²) in [6, 6.07) is 5.11. The fourth-order valence-corrected chi connectivity index (χ4v) is 3.50. The van der Waals surface area contributed by atoms with Gasteiger partial charge in [-0.05, 0) is 24.6 Å². The molecule has 9 nitrogen and oxygen atoms in total. The monoisotopic (exact) mass is 440 g/mol. The van der Waals surface area contributed by atoms with Crippen molar-refractivity contribution in [3.63, 3.8) is 0 Å². The maximum atomic E-state index is 13.2. The summed E-state index contributed by atoms with van der Waals surface area (Å²) >= 11 is 1.19. The molecule has 10 heteroatoms. The van der Waals surface area contributed by atoms with Crippen molar-refractivity contribution in [1.82, 2.24) is 16.2 Å². The third-order valence-corrected chi connectivity index (χ3v) is 5.12. The number of urea groups is 1. The lowest BCUT2D eigenvalue weighted by atomic mass is 9.96. The molecular weight excluding hydrogens is 420 g/mol. The largest absolute Gasteiger partial charge is 0.379 e. The number of carbonyl (C=O) groups excluding carboxylic acids is 4. The Hall–Kier alpha value is -3.68. The number of nitrogens with one attached hydrogen (secondary N) is 3. The van der Waals surface area contributed by atoms with Gasteiger partial charge in [0, 0.05) is 24.6 Å². The Labute approximate surface area is 183 Å². The van der Waals surface area contributed by atoms with Gasteiger partial charge in [-0.25, -0.2) is 15.1 Å². The highest BCUT2D eigenvalue weighted by molar-refractivity contribution is 8.07. The van der Waals surface area contributed by atoms with Gasteiger partial charge >= 0.3 is 6.03 Å². The molecule has 0 spiro atoms. The number of allylic oxidation sites excluding steroid dienone is 4. The van der Waals surface area contributed by atoms with E-state index in [4.69, 9.17) is 11.3 Å². The minimum absolute atomic E-state index is 0.169. The summed E-state index contributed by atoms with van der Waals surface area (Å²) in [5.41, 5.74) is 4.75. The molecule has 0 saturated carbocycles. The summed E-state index contributed by atoms with van der Waals surface area (Å²) in [6.07, 6.45) is 3.03. The number of carbonyl (C=O) groups is 4. The first-order chi connectivity index (χ1) is 14.8. The van der Waals surface area contributed by atoms with Crippen LogP contribution in [0.5, 0.6) is 0 Å². The van der Waals surface area contributed by atoms with Gasteiger partial charge in [0.05, 0.1) is 23.7 Å². The highest BCUT2D eigenvalue weighted by atomic mass is 32.2. The normalized spacial score (nSPS) is 14.4. The molecule has 0 atom stereocenters. The third kappa shape index (κ3) is 6.15. The van der Waals surface area contributed by atoms with Crippen LogP contribution in [-0.4, -0.2) is 44.3 Å². The molecule has 1 aliphatic heterocycles. The zero-order valence-electron chi connectivity index (χ0n) is 17.1. The summed E-state index contributed by atoms with van der Waals surface area (Å²) in [4.78, 5) is 53.8. The number of ketones is 2. The van der Waals surface area contributed by atoms with Gasteiger partial charge in [0.1, 0.15) is 0 Å². The Morgan fingerprint density at radius 3 is 2.32 bits per heavy atom. The summed E-state index contributed by atoms with van der Waals surface area (Å²) in [5.74, 6) is -1.74. The predicted octanol–water partition coefficient (Wildman–Crippen LogP) is 2.43. The van der Waals surface area contributed by atoms with E-state index < -0.39 is 17.7 Å². The van der Waals surface area contributed by atoms with Crippen LogP contribution < -0.4 is 16.2 Å². The molecular formula is C21H20N4O5S. The first-order valence-electron chi connectivity index (χ1n) is 8.95. The quantitative estimate of drug-likeness (QED) is 0.156.